The van der Waals surface area contributed by atoms with E-state index in [0.29, 0.717) is 5.56 Å². The summed E-state index contributed by atoms with van der Waals surface area (Å²) in [6, 6.07) is 15.0. The van der Waals surface area contributed by atoms with E-state index in [4.69, 9.17) is 4.42 Å². The molecule has 24 heavy (non-hydrogen) atoms. The van der Waals surface area contributed by atoms with Crippen molar-refractivity contribution < 1.29 is 14.3 Å². The molecule has 0 radical (unpaired) electrons. The summed E-state index contributed by atoms with van der Waals surface area (Å²) in [6.07, 6.45) is 6.19. The van der Waals surface area contributed by atoms with Gasteiger partial charge in [0.15, 0.2) is 0 Å². The van der Waals surface area contributed by atoms with Gasteiger partial charge in [0.1, 0.15) is 5.60 Å². The van der Waals surface area contributed by atoms with Crippen molar-refractivity contribution in [1.82, 2.24) is 5.32 Å². The van der Waals surface area contributed by atoms with Gasteiger partial charge in [0.05, 0.1) is 19.1 Å². The zero-order valence-electron chi connectivity index (χ0n) is 12.9. The van der Waals surface area contributed by atoms with Crippen LogP contribution in [0.1, 0.15) is 16.0 Å². The first kappa shape index (κ1) is 16.2. The van der Waals surface area contributed by atoms with Crippen molar-refractivity contribution >= 4 is 23.3 Å². The molecule has 0 saturated carbocycles. The fourth-order valence-electron chi connectivity index (χ4n) is 2.36. The summed E-state index contributed by atoms with van der Waals surface area (Å²) in [7, 11) is 0. The minimum atomic E-state index is -1.31. The molecule has 0 aliphatic carbocycles. The summed E-state index contributed by atoms with van der Waals surface area (Å²) in [4.78, 5) is 12.8. The molecule has 0 aliphatic rings. The Morgan fingerprint density at radius 2 is 2.04 bits per heavy atom. The molecule has 5 heteroatoms. The van der Waals surface area contributed by atoms with Crippen molar-refractivity contribution in [3.8, 4) is 0 Å². The van der Waals surface area contributed by atoms with E-state index >= 15 is 0 Å². The SMILES string of the molecule is O=C(C=Cc1ccccc1)NCC(O)(c1ccoc1)c1cccs1. The zero-order valence-corrected chi connectivity index (χ0v) is 13.7. The van der Waals surface area contributed by atoms with E-state index in [0.717, 1.165) is 10.4 Å². The highest BCUT2D eigenvalue weighted by molar-refractivity contribution is 7.10. The van der Waals surface area contributed by atoms with Gasteiger partial charge in [-0.2, -0.15) is 0 Å². The fourth-order valence-corrected chi connectivity index (χ4v) is 3.20. The molecule has 4 nitrogen and oxygen atoms in total. The lowest BCUT2D eigenvalue weighted by Crippen LogP contribution is -2.40. The second kappa shape index (κ2) is 7.29. The number of aliphatic hydroxyl groups is 1. The van der Waals surface area contributed by atoms with E-state index in [1.54, 1.807) is 12.1 Å². The molecule has 0 spiro atoms. The van der Waals surface area contributed by atoms with Crippen molar-refractivity contribution in [3.05, 3.63) is 88.5 Å². The van der Waals surface area contributed by atoms with Gasteiger partial charge < -0.3 is 14.8 Å². The van der Waals surface area contributed by atoms with Crippen LogP contribution in [0, 0.1) is 0 Å². The van der Waals surface area contributed by atoms with Gasteiger partial charge in [-0.25, -0.2) is 0 Å². The monoisotopic (exact) mass is 339 g/mol. The molecule has 1 atom stereocenters. The maximum Gasteiger partial charge on any atom is 0.244 e. The highest BCUT2D eigenvalue weighted by Crippen LogP contribution is 2.32. The van der Waals surface area contributed by atoms with Crippen LogP contribution in [0.15, 0.2) is 76.9 Å². The van der Waals surface area contributed by atoms with Crippen LogP contribution >= 0.6 is 11.3 Å². The van der Waals surface area contributed by atoms with Crippen molar-refractivity contribution in [2.24, 2.45) is 0 Å². The number of rotatable bonds is 6. The van der Waals surface area contributed by atoms with Crippen LogP contribution in [0.2, 0.25) is 0 Å². The quantitative estimate of drug-likeness (QED) is 0.677. The van der Waals surface area contributed by atoms with Crippen LogP contribution in [0.4, 0.5) is 0 Å². The average molecular weight is 339 g/mol. The molecule has 2 heterocycles. The summed E-state index contributed by atoms with van der Waals surface area (Å²) < 4.78 is 5.09. The molecule has 2 N–H and O–H groups in total. The van der Waals surface area contributed by atoms with Crippen LogP contribution in [0.3, 0.4) is 0 Å². The molecule has 0 aliphatic heterocycles. The highest BCUT2D eigenvalue weighted by atomic mass is 32.1. The van der Waals surface area contributed by atoms with Gasteiger partial charge in [-0.15, -0.1) is 11.3 Å². The van der Waals surface area contributed by atoms with Gasteiger partial charge in [-0.3, -0.25) is 4.79 Å². The largest absolute Gasteiger partial charge is 0.472 e. The number of nitrogens with one attached hydrogen (secondary N) is 1. The number of furan rings is 1. The third-order valence-corrected chi connectivity index (χ3v) is 4.69. The number of hydrogen-bond acceptors (Lipinski definition) is 4. The van der Waals surface area contributed by atoms with Gasteiger partial charge in [0, 0.05) is 16.5 Å². The summed E-state index contributed by atoms with van der Waals surface area (Å²) in [5.74, 6) is -0.266. The zero-order chi connectivity index (χ0) is 16.8. The van der Waals surface area contributed by atoms with Gasteiger partial charge in [0.2, 0.25) is 5.91 Å². The Balaban J connectivity index is 1.71. The number of amides is 1. The Morgan fingerprint density at radius 1 is 1.21 bits per heavy atom. The first-order valence-corrected chi connectivity index (χ1v) is 8.36. The third-order valence-electron chi connectivity index (χ3n) is 3.67. The van der Waals surface area contributed by atoms with E-state index in [9.17, 15) is 9.90 Å². The van der Waals surface area contributed by atoms with E-state index in [2.05, 4.69) is 5.32 Å². The molecular weight excluding hydrogens is 322 g/mol. The number of carbonyl (C=O) groups is 1. The first-order valence-electron chi connectivity index (χ1n) is 7.48. The molecule has 122 valence electrons. The van der Waals surface area contributed by atoms with Gasteiger partial charge >= 0.3 is 0 Å². The Hall–Kier alpha value is -2.63. The molecule has 2 aromatic heterocycles. The van der Waals surface area contributed by atoms with Crippen LogP contribution in [0.25, 0.3) is 6.08 Å². The maximum atomic E-state index is 12.1. The summed E-state index contributed by atoms with van der Waals surface area (Å²) in [6.45, 7) is 0.0605. The Kier molecular flexibility index (Phi) is 4.93. The topological polar surface area (TPSA) is 62.5 Å². The van der Waals surface area contributed by atoms with Crippen molar-refractivity contribution in [2.45, 2.75) is 5.60 Å². The predicted octanol–water partition coefficient (Wildman–Crippen LogP) is 3.41. The number of hydrogen-bond donors (Lipinski definition) is 2. The van der Waals surface area contributed by atoms with Crippen LogP contribution in [-0.2, 0) is 10.4 Å². The molecular formula is C19H17NO3S. The molecule has 3 aromatic rings. The van der Waals surface area contributed by atoms with E-state index < -0.39 is 5.60 Å². The van der Waals surface area contributed by atoms with E-state index in [-0.39, 0.29) is 12.5 Å². The number of thiophene rings is 1. The van der Waals surface area contributed by atoms with Crippen LogP contribution in [-0.4, -0.2) is 17.6 Å². The number of carbonyl (C=O) groups excluding carboxylic acids is 1. The predicted molar refractivity (Wildman–Crippen MR) is 94.5 cm³/mol. The van der Waals surface area contributed by atoms with Crippen molar-refractivity contribution in [3.63, 3.8) is 0 Å². The van der Waals surface area contributed by atoms with Crippen molar-refractivity contribution in [2.75, 3.05) is 6.54 Å². The third kappa shape index (κ3) is 3.64. The van der Waals surface area contributed by atoms with E-state index in [1.165, 1.54) is 29.9 Å². The molecule has 1 amide bonds. The molecule has 0 fully saturated rings. The Labute approximate surface area is 144 Å². The second-order valence-corrected chi connectivity index (χ2v) is 6.26. The highest BCUT2D eigenvalue weighted by Gasteiger charge is 2.34. The second-order valence-electron chi connectivity index (χ2n) is 5.31. The molecule has 3 rings (SSSR count). The molecule has 0 saturated heterocycles. The lowest BCUT2D eigenvalue weighted by atomic mass is 9.94. The lowest BCUT2D eigenvalue weighted by molar-refractivity contribution is -0.117. The fraction of sp³-hybridized carbons (Fsp3) is 0.105. The Morgan fingerprint density at radius 3 is 2.71 bits per heavy atom. The molecule has 1 unspecified atom stereocenters. The molecule has 1 aromatic carbocycles. The van der Waals surface area contributed by atoms with E-state index in [1.807, 2.05) is 47.8 Å². The average Bonchev–Trinajstić information content (AvgIpc) is 3.32. The minimum Gasteiger partial charge on any atom is -0.472 e. The normalized spacial score (nSPS) is 13.7. The van der Waals surface area contributed by atoms with Gasteiger partial charge in [-0.05, 0) is 29.2 Å². The van der Waals surface area contributed by atoms with Gasteiger partial charge in [-0.1, -0.05) is 36.4 Å². The van der Waals surface area contributed by atoms with Crippen molar-refractivity contribution in [1.29, 1.82) is 0 Å². The van der Waals surface area contributed by atoms with Gasteiger partial charge in [0.25, 0.3) is 0 Å². The summed E-state index contributed by atoms with van der Waals surface area (Å²) in [5, 5.41) is 15.7. The van der Waals surface area contributed by atoms with Crippen LogP contribution in [0.5, 0.6) is 0 Å². The Bertz CT molecular complexity index is 758. The molecule has 0 bridgehead atoms. The smallest absolute Gasteiger partial charge is 0.244 e. The van der Waals surface area contributed by atoms with Crippen LogP contribution < -0.4 is 5.32 Å². The lowest BCUT2D eigenvalue weighted by Gasteiger charge is -2.26. The summed E-state index contributed by atoms with van der Waals surface area (Å²) in [5.41, 5.74) is 0.241. The standard InChI is InChI=1S/C19H17NO3S/c21-18(9-8-15-5-2-1-3-6-15)20-14-19(22,16-10-11-23-13-16)17-7-4-12-24-17/h1-13,22H,14H2,(H,20,21). The minimum absolute atomic E-state index is 0.0605. The first-order chi connectivity index (χ1) is 11.7. The maximum absolute atomic E-state index is 12.1. The number of benzene rings is 1. The summed E-state index contributed by atoms with van der Waals surface area (Å²) >= 11 is 1.43.